The van der Waals surface area contributed by atoms with Gasteiger partial charge in [0, 0.05) is 0 Å². The summed E-state index contributed by atoms with van der Waals surface area (Å²) < 4.78 is 50.8. The SMILES string of the molecule is O=C(Cn1cc([As]c2ncnc3cc(OCCCN(CCO)CC4CC4)c(F)cc23)cn1)Nc1cccc(F)c1F. The van der Waals surface area contributed by atoms with Crippen molar-refractivity contribution in [1.82, 2.24) is 24.6 Å². The minimum atomic E-state index is -1.13. The van der Waals surface area contributed by atoms with E-state index < -0.39 is 39.1 Å². The number of hydrogen-bond donors (Lipinski definition) is 2. The summed E-state index contributed by atoms with van der Waals surface area (Å²) >= 11 is -0.720. The Morgan fingerprint density at radius 2 is 2.02 bits per heavy atom. The van der Waals surface area contributed by atoms with Gasteiger partial charge in [-0.25, -0.2) is 0 Å². The number of anilines is 1. The second-order valence-corrected chi connectivity index (χ2v) is 12.3. The van der Waals surface area contributed by atoms with Crippen LogP contribution in [0.2, 0.25) is 0 Å². The Hall–Kier alpha value is -3.47. The Bertz CT molecular complexity index is 1520. The average molecular weight is 629 g/mol. The summed E-state index contributed by atoms with van der Waals surface area (Å²) in [6.45, 7) is 2.65. The minimum absolute atomic E-state index is 0.116. The van der Waals surface area contributed by atoms with Crippen LogP contribution in [0.5, 0.6) is 5.75 Å². The molecule has 1 aliphatic carbocycles. The van der Waals surface area contributed by atoms with E-state index in [1.54, 1.807) is 18.5 Å². The van der Waals surface area contributed by atoms with Gasteiger partial charge < -0.3 is 5.11 Å². The number of fused-ring (bicyclic) bond motifs is 1. The van der Waals surface area contributed by atoms with E-state index in [2.05, 4.69) is 25.3 Å². The molecule has 2 N–H and O–H groups in total. The maximum atomic E-state index is 15.0. The molecule has 2 aromatic heterocycles. The molecule has 1 saturated carbocycles. The van der Waals surface area contributed by atoms with Gasteiger partial charge >= 0.3 is 224 Å². The molecule has 13 heteroatoms. The number of halogens is 3. The van der Waals surface area contributed by atoms with Gasteiger partial charge in [-0.3, -0.25) is 0 Å². The van der Waals surface area contributed by atoms with Crippen LogP contribution in [0.25, 0.3) is 10.9 Å². The fourth-order valence-electron chi connectivity index (χ4n) is 4.37. The summed E-state index contributed by atoms with van der Waals surface area (Å²) in [5.41, 5.74) is 0.310. The number of ether oxygens (including phenoxy) is 1. The number of amides is 1. The van der Waals surface area contributed by atoms with E-state index in [1.807, 2.05) is 0 Å². The van der Waals surface area contributed by atoms with Crippen LogP contribution in [-0.4, -0.2) is 84.3 Å². The van der Waals surface area contributed by atoms with Crippen molar-refractivity contribution < 1.29 is 27.8 Å². The molecule has 0 atom stereocenters. The van der Waals surface area contributed by atoms with Gasteiger partial charge in [0.25, 0.3) is 0 Å². The van der Waals surface area contributed by atoms with Gasteiger partial charge in [-0.15, -0.1) is 0 Å². The van der Waals surface area contributed by atoms with Gasteiger partial charge in [0.1, 0.15) is 0 Å². The van der Waals surface area contributed by atoms with Crippen molar-refractivity contribution in [3.8, 4) is 5.75 Å². The summed E-state index contributed by atoms with van der Waals surface area (Å²) in [7, 11) is 0. The molecule has 0 saturated heterocycles. The Morgan fingerprint density at radius 3 is 2.83 bits per heavy atom. The van der Waals surface area contributed by atoms with Crippen molar-refractivity contribution >= 4 is 47.1 Å². The molecular formula is C28H29AsF3N6O3. The van der Waals surface area contributed by atoms with Gasteiger partial charge in [-0.1, -0.05) is 0 Å². The predicted molar refractivity (Wildman–Crippen MR) is 148 cm³/mol. The second kappa shape index (κ2) is 13.5. The van der Waals surface area contributed by atoms with Gasteiger partial charge in [-0.05, 0) is 12.8 Å². The number of nitrogens with one attached hydrogen (secondary N) is 1. The molecular weight excluding hydrogens is 600 g/mol. The zero-order valence-electron chi connectivity index (χ0n) is 22.1. The maximum absolute atomic E-state index is 15.0. The zero-order chi connectivity index (χ0) is 28.8. The number of nitrogens with zero attached hydrogens (tertiary/aromatic N) is 5. The monoisotopic (exact) mass is 629 g/mol. The Kier molecular flexibility index (Phi) is 9.53. The number of aliphatic hydroxyl groups excluding tert-OH is 1. The summed E-state index contributed by atoms with van der Waals surface area (Å²) in [5.74, 6) is -2.39. The Labute approximate surface area is 241 Å². The Morgan fingerprint density at radius 1 is 1.17 bits per heavy atom. The van der Waals surface area contributed by atoms with Crippen molar-refractivity contribution in [3.63, 3.8) is 0 Å². The Balaban J connectivity index is 1.18. The normalized spacial score (nSPS) is 13.5. The number of carbonyl (C=O) groups is 1. The first kappa shape index (κ1) is 29.0. The van der Waals surface area contributed by atoms with E-state index in [1.165, 1.54) is 42.0 Å². The van der Waals surface area contributed by atoms with Crippen LogP contribution in [0.4, 0.5) is 18.9 Å². The molecule has 5 rings (SSSR count). The summed E-state index contributed by atoms with van der Waals surface area (Å²) in [6, 6.07) is 6.50. The third-order valence-electron chi connectivity index (χ3n) is 6.56. The molecule has 1 radical (unpaired) electrons. The molecule has 1 amide bonds. The third-order valence-corrected chi connectivity index (χ3v) is 8.78. The molecule has 4 aromatic rings. The molecule has 0 spiro atoms. The average Bonchev–Trinajstić information content (AvgIpc) is 3.66. The predicted octanol–water partition coefficient (Wildman–Crippen LogP) is 2.01. The molecule has 9 nitrogen and oxygen atoms in total. The van der Waals surface area contributed by atoms with Gasteiger partial charge in [0.15, 0.2) is 0 Å². The van der Waals surface area contributed by atoms with Crippen LogP contribution in [0.1, 0.15) is 19.3 Å². The first-order valence-corrected chi connectivity index (χ1v) is 15.2. The molecule has 2 heterocycles. The van der Waals surface area contributed by atoms with Crippen LogP contribution >= 0.6 is 0 Å². The van der Waals surface area contributed by atoms with Gasteiger partial charge in [0.2, 0.25) is 0 Å². The van der Waals surface area contributed by atoms with Crippen LogP contribution in [-0.2, 0) is 11.3 Å². The first-order chi connectivity index (χ1) is 19.9. The third kappa shape index (κ3) is 7.84. The van der Waals surface area contributed by atoms with E-state index in [4.69, 9.17) is 4.74 Å². The van der Waals surface area contributed by atoms with E-state index in [0.717, 1.165) is 29.4 Å². The number of benzene rings is 2. The zero-order valence-corrected chi connectivity index (χ0v) is 24.0. The standard InChI is InChI=1S/C28H29AsF3N6O3/c30-21-3-1-4-23(27(21)32)36-26(40)16-38-15-19(13-35-38)29-28-20-11-22(31)25(12-24(20)33-17-34-28)41-10-2-7-37(8-9-39)14-18-5-6-18/h1,3-4,11-13,15,17-18,39H,2,5-10,14,16H2,(H,36,40). The molecule has 1 fully saturated rings. The van der Waals surface area contributed by atoms with Gasteiger partial charge in [0.05, 0.1) is 0 Å². The molecule has 41 heavy (non-hydrogen) atoms. The molecule has 1 aliphatic rings. The number of hydrogen-bond acceptors (Lipinski definition) is 7. The topological polar surface area (TPSA) is 105 Å². The first-order valence-electron chi connectivity index (χ1n) is 13.3. The summed E-state index contributed by atoms with van der Waals surface area (Å²) in [4.78, 5) is 23.2. The fraction of sp³-hybridized carbons (Fsp3) is 0.357. The van der Waals surface area contributed by atoms with Crippen LogP contribution in [0, 0.1) is 23.4 Å². The summed E-state index contributed by atoms with van der Waals surface area (Å²) in [5, 5.41) is 16.4. The summed E-state index contributed by atoms with van der Waals surface area (Å²) in [6.07, 6.45) is 7.89. The number of rotatable bonds is 14. The van der Waals surface area contributed by atoms with Crippen molar-refractivity contribution in [2.75, 3.05) is 38.2 Å². The fourth-order valence-corrected chi connectivity index (χ4v) is 6.37. The van der Waals surface area contributed by atoms with E-state index >= 15 is 0 Å². The second-order valence-electron chi connectivity index (χ2n) is 9.82. The molecule has 0 bridgehead atoms. The van der Waals surface area contributed by atoms with Crippen molar-refractivity contribution in [1.29, 1.82) is 0 Å². The van der Waals surface area contributed by atoms with Crippen LogP contribution in [0.3, 0.4) is 0 Å². The molecule has 215 valence electrons. The van der Waals surface area contributed by atoms with Crippen molar-refractivity contribution in [2.45, 2.75) is 25.8 Å². The number of aromatic nitrogens is 4. The van der Waals surface area contributed by atoms with Gasteiger partial charge in [-0.2, -0.15) is 0 Å². The van der Waals surface area contributed by atoms with E-state index in [-0.39, 0.29) is 24.6 Å². The van der Waals surface area contributed by atoms with E-state index in [9.17, 15) is 23.1 Å². The van der Waals surface area contributed by atoms with E-state index in [0.29, 0.717) is 35.0 Å². The molecule has 0 aliphatic heterocycles. The molecule has 0 unspecified atom stereocenters. The van der Waals surface area contributed by atoms with Crippen molar-refractivity contribution in [3.05, 3.63) is 66.5 Å². The number of aliphatic hydroxyl groups is 1. The van der Waals surface area contributed by atoms with Crippen LogP contribution < -0.4 is 18.9 Å². The van der Waals surface area contributed by atoms with Crippen LogP contribution in [0.15, 0.2) is 49.1 Å². The number of carbonyl (C=O) groups excluding carboxylic acids is 1. The molecule has 2 aromatic carbocycles. The van der Waals surface area contributed by atoms with Crippen molar-refractivity contribution in [2.24, 2.45) is 5.92 Å². The quantitative estimate of drug-likeness (QED) is 0.163.